The van der Waals surface area contributed by atoms with E-state index in [1.54, 1.807) is 14.2 Å². The SMILES string of the molecule is COc1ccc2c(c1)C13C(=Cc4ccccc4-c4cccc-2[n+]41)[n+]1ccccc1-c1cccc2c1C3C[n+]1cccc(OC)c1-2. The van der Waals surface area contributed by atoms with Crippen molar-refractivity contribution >= 4 is 11.8 Å². The largest absolute Gasteiger partial charge is 0.497 e. The fraction of sp³-hybridized carbons (Fsp3) is 0.125. The molecule has 0 saturated carbocycles. The van der Waals surface area contributed by atoms with Crippen molar-refractivity contribution in [1.29, 1.82) is 0 Å². The summed E-state index contributed by atoms with van der Waals surface area (Å²) >= 11 is 0. The van der Waals surface area contributed by atoms with Gasteiger partial charge in [0.2, 0.25) is 17.1 Å². The number of benzene rings is 3. The monoisotopic (exact) mass is 584 g/mol. The van der Waals surface area contributed by atoms with Crippen molar-refractivity contribution in [1.82, 2.24) is 0 Å². The van der Waals surface area contributed by atoms with Crippen LogP contribution >= 0.6 is 0 Å². The molecule has 0 fully saturated rings. The van der Waals surface area contributed by atoms with Crippen LogP contribution in [0.4, 0.5) is 0 Å². The lowest BCUT2D eigenvalue weighted by molar-refractivity contribution is -0.758. The second-order valence-corrected chi connectivity index (χ2v) is 12.3. The number of hydrogen-bond acceptors (Lipinski definition) is 2. The Morgan fingerprint density at radius 1 is 0.667 bits per heavy atom. The molecule has 0 saturated heterocycles. The molecule has 214 valence electrons. The van der Waals surface area contributed by atoms with Gasteiger partial charge >= 0.3 is 0 Å². The van der Waals surface area contributed by atoms with E-state index in [1.165, 1.54) is 61.7 Å². The molecule has 0 N–H and O–H groups in total. The van der Waals surface area contributed by atoms with Crippen molar-refractivity contribution in [3.8, 4) is 56.5 Å². The molecule has 3 aromatic heterocycles. The lowest BCUT2D eigenvalue weighted by atomic mass is 9.69. The molecule has 6 aromatic rings. The number of hydrogen-bond donors (Lipinski definition) is 0. The average molecular weight is 585 g/mol. The van der Waals surface area contributed by atoms with Crippen LogP contribution in [-0.4, -0.2) is 14.2 Å². The summed E-state index contributed by atoms with van der Waals surface area (Å²) in [5.74, 6) is 1.78. The van der Waals surface area contributed by atoms with Crippen molar-refractivity contribution in [2.24, 2.45) is 0 Å². The molecule has 1 spiro atoms. The standard InChI is InChI=1S/C40H30N3O2/c1-44-26-18-19-28-31(23-26)40-32-24-41-20-9-17-36(45-2)39(41)30-13-7-12-29(38(30)32)33-14-5-6-21-42(33)37(40)22-25-10-3-4-11-27(25)34-15-8-16-35(28)43(34)40/h3-23,32H,24H2,1-2H3/q+3. The van der Waals surface area contributed by atoms with E-state index >= 15 is 0 Å². The van der Waals surface area contributed by atoms with Crippen LogP contribution in [0.2, 0.25) is 0 Å². The number of nitrogens with zero attached hydrogens (tertiary/aromatic N) is 3. The summed E-state index contributed by atoms with van der Waals surface area (Å²) in [6.07, 6.45) is 6.90. The quantitative estimate of drug-likeness (QED) is 0.220. The summed E-state index contributed by atoms with van der Waals surface area (Å²) in [4.78, 5) is 0. The normalized spacial score (nSPS) is 18.8. The van der Waals surface area contributed by atoms with E-state index in [9.17, 15) is 0 Å². The number of methoxy groups -OCH3 is 2. The summed E-state index contributed by atoms with van der Waals surface area (Å²) in [6, 6.07) is 39.8. The molecule has 4 aliphatic heterocycles. The number of allylic oxidation sites excluding steroid dienone is 1. The maximum Gasteiger partial charge on any atom is 0.291 e. The Hall–Kier alpha value is -5.55. The Morgan fingerprint density at radius 2 is 1.44 bits per heavy atom. The second kappa shape index (κ2) is 8.76. The summed E-state index contributed by atoms with van der Waals surface area (Å²) in [5, 5.41) is 0. The zero-order valence-electron chi connectivity index (χ0n) is 25.1. The Morgan fingerprint density at radius 3 is 2.33 bits per heavy atom. The summed E-state index contributed by atoms with van der Waals surface area (Å²) in [5.41, 5.74) is 14.1. The first-order valence-corrected chi connectivity index (χ1v) is 15.5. The number of ether oxygens (including phenoxy) is 2. The molecule has 0 radical (unpaired) electrons. The number of fused-ring (bicyclic) bond motifs is 9. The molecule has 5 nitrogen and oxygen atoms in total. The van der Waals surface area contributed by atoms with E-state index in [1.807, 2.05) is 0 Å². The summed E-state index contributed by atoms with van der Waals surface area (Å²) in [7, 11) is 3.54. The zero-order valence-corrected chi connectivity index (χ0v) is 25.1. The van der Waals surface area contributed by atoms with Crippen molar-refractivity contribution in [2.75, 3.05) is 14.2 Å². The van der Waals surface area contributed by atoms with Gasteiger partial charge in [0.1, 0.15) is 11.7 Å². The first-order chi connectivity index (χ1) is 22.2. The number of aromatic nitrogens is 3. The van der Waals surface area contributed by atoms with Gasteiger partial charge in [-0.25, -0.2) is 0 Å². The fourth-order valence-corrected chi connectivity index (χ4v) is 8.77. The topological polar surface area (TPSA) is 30.1 Å². The predicted octanol–water partition coefficient (Wildman–Crippen LogP) is 6.41. The lowest BCUT2D eigenvalue weighted by Gasteiger charge is -2.33. The minimum Gasteiger partial charge on any atom is -0.497 e. The highest BCUT2D eigenvalue weighted by atomic mass is 16.5. The highest BCUT2D eigenvalue weighted by Crippen LogP contribution is 2.59. The number of pyridine rings is 3. The van der Waals surface area contributed by atoms with Gasteiger partial charge in [0, 0.05) is 36.4 Å². The van der Waals surface area contributed by atoms with Gasteiger partial charge in [0.15, 0.2) is 24.7 Å². The van der Waals surface area contributed by atoms with Crippen molar-refractivity contribution in [3.05, 3.63) is 138 Å². The first kappa shape index (κ1) is 24.8. The van der Waals surface area contributed by atoms with Gasteiger partial charge in [0.05, 0.1) is 42.0 Å². The van der Waals surface area contributed by atoms with Gasteiger partial charge in [-0.3, -0.25) is 0 Å². The summed E-state index contributed by atoms with van der Waals surface area (Å²) < 4.78 is 19.5. The highest BCUT2D eigenvalue weighted by Gasteiger charge is 2.69. The lowest BCUT2D eigenvalue weighted by Crippen LogP contribution is -2.66. The highest BCUT2D eigenvalue weighted by molar-refractivity contribution is 5.90. The minimum absolute atomic E-state index is 0.0343. The Balaban J connectivity index is 1.47. The number of rotatable bonds is 2. The van der Waals surface area contributed by atoms with Gasteiger partial charge < -0.3 is 9.47 Å². The van der Waals surface area contributed by atoms with E-state index < -0.39 is 5.54 Å². The van der Waals surface area contributed by atoms with Crippen LogP contribution in [0.5, 0.6) is 11.5 Å². The Labute approximate surface area is 261 Å². The molecule has 5 heteroatoms. The molecule has 3 aromatic carbocycles. The average Bonchev–Trinajstić information content (AvgIpc) is 3.25. The first-order valence-electron chi connectivity index (χ1n) is 15.5. The maximum atomic E-state index is 6.01. The van der Waals surface area contributed by atoms with E-state index in [0.717, 1.165) is 23.7 Å². The van der Waals surface area contributed by atoms with Gasteiger partial charge in [-0.05, 0) is 65.7 Å². The van der Waals surface area contributed by atoms with E-state index in [2.05, 4.69) is 141 Å². The molecular weight excluding hydrogens is 554 g/mol. The molecule has 2 unspecified atom stereocenters. The summed E-state index contributed by atoms with van der Waals surface area (Å²) in [6.45, 7) is 0.774. The predicted molar refractivity (Wildman–Crippen MR) is 172 cm³/mol. The third kappa shape index (κ3) is 2.96. The fourth-order valence-electron chi connectivity index (χ4n) is 8.77. The molecule has 0 amide bonds. The third-order valence-corrected chi connectivity index (χ3v) is 10.4. The smallest absolute Gasteiger partial charge is 0.291 e. The van der Waals surface area contributed by atoms with Crippen LogP contribution in [0.3, 0.4) is 0 Å². The van der Waals surface area contributed by atoms with E-state index in [-0.39, 0.29) is 5.92 Å². The molecular formula is C40H30N3O2+3. The van der Waals surface area contributed by atoms with Gasteiger partial charge in [-0.15, -0.1) is 0 Å². The van der Waals surface area contributed by atoms with Gasteiger partial charge in [0.25, 0.3) is 16.9 Å². The molecule has 2 atom stereocenters. The van der Waals surface area contributed by atoms with Crippen LogP contribution in [0, 0.1) is 0 Å². The Kier molecular flexibility index (Phi) is 4.84. The van der Waals surface area contributed by atoms with Crippen LogP contribution < -0.4 is 23.2 Å². The van der Waals surface area contributed by atoms with Crippen LogP contribution in [-0.2, 0) is 12.1 Å². The van der Waals surface area contributed by atoms with E-state index in [0.29, 0.717) is 0 Å². The molecule has 0 bridgehead atoms. The van der Waals surface area contributed by atoms with Crippen molar-refractivity contribution in [3.63, 3.8) is 0 Å². The van der Waals surface area contributed by atoms with Gasteiger partial charge in [-0.1, -0.05) is 24.3 Å². The zero-order chi connectivity index (χ0) is 29.9. The van der Waals surface area contributed by atoms with Crippen LogP contribution in [0.25, 0.3) is 56.8 Å². The van der Waals surface area contributed by atoms with Crippen LogP contribution in [0.15, 0.2) is 122 Å². The Bertz CT molecular complexity index is 2300. The van der Waals surface area contributed by atoms with Crippen molar-refractivity contribution in [2.45, 2.75) is 18.0 Å². The molecule has 0 aliphatic carbocycles. The maximum absolute atomic E-state index is 6.01. The molecule has 7 heterocycles. The van der Waals surface area contributed by atoms with Gasteiger partial charge in [-0.2, -0.15) is 13.7 Å². The van der Waals surface area contributed by atoms with Crippen molar-refractivity contribution < 1.29 is 23.2 Å². The van der Waals surface area contributed by atoms with Crippen LogP contribution in [0.1, 0.15) is 22.6 Å². The molecule has 45 heavy (non-hydrogen) atoms. The third-order valence-electron chi connectivity index (χ3n) is 10.4. The molecule has 10 rings (SSSR count). The second-order valence-electron chi connectivity index (χ2n) is 12.3. The minimum atomic E-state index is -0.606. The van der Waals surface area contributed by atoms with E-state index in [4.69, 9.17) is 9.47 Å². The molecule has 4 aliphatic rings.